The molecule has 0 unspecified atom stereocenters. The van der Waals surface area contributed by atoms with Crippen LogP contribution in [0.15, 0.2) is 52.4 Å². The molecule has 0 saturated heterocycles. The Kier molecular flexibility index (Phi) is 3.87. The number of aromatic amines is 1. The molecular formula is C15H13ClN2S2. The Morgan fingerprint density at radius 3 is 2.65 bits per heavy atom. The van der Waals surface area contributed by atoms with Crippen LogP contribution in [0.5, 0.6) is 0 Å². The number of fused-ring (bicyclic) bond motifs is 1. The Hall–Kier alpha value is -1.23. The number of rotatable bonds is 3. The van der Waals surface area contributed by atoms with Gasteiger partial charge in [0.1, 0.15) is 0 Å². The van der Waals surface area contributed by atoms with Crippen molar-refractivity contribution in [1.29, 1.82) is 0 Å². The van der Waals surface area contributed by atoms with Gasteiger partial charge in [0.2, 0.25) is 0 Å². The number of thiol groups is 1. The lowest BCUT2D eigenvalue weighted by atomic mass is 10.2. The Morgan fingerprint density at radius 2 is 1.90 bits per heavy atom. The topological polar surface area (TPSA) is 27.8 Å². The van der Waals surface area contributed by atoms with Crippen LogP contribution in [0, 0.1) is 6.92 Å². The quantitative estimate of drug-likeness (QED) is 0.437. The third-order valence-corrected chi connectivity index (χ3v) is 4.54. The summed E-state index contributed by atoms with van der Waals surface area (Å²) in [5.41, 5.74) is 3.21. The van der Waals surface area contributed by atoms with E-state index in [1.165, 1.54) is 0 Å². The summed E-state index contributed by atoms with van der Waals surface area (Å²) >= 11 is 12.1. The number of hydrogen-bond acceptors (Lipinski definition) is 3. The van der Waals surface area contributed by atoms with Gasteiger partial charge in [-0.25, -0.2) is 0 Å². The van der Waals surface area contributed by atoms with E-state index in [1.807, 2.05) is 49.5 Å². The van der Waals surface area contributed by atoms with E-state index in [0.717, 1.165) is 37.0 Å². The highest BCUT2D eigenvalue weighted by molar-refractivity contribution is 8.00. The molecule has 0 saturated carbocycles. The second-order valence-corrected chi connectivity index (χ2v) is 6.32. The summed E-state index contributed by atoms with van der Waals surface area (Å²) in [7, 11) is 0. The van der Waals surface area contributed by atoms with Gasteiger partial charge < -0.3 is 9.71 Å². The molecule has 0 bridgehead atoms. The predicted molar refractivity (Wildman–Crippen MR) is 91.2 cm³/mol. The van der Waals surface area contributed by atoms with E-state index in [9.17, 15) is 0 Å². The zero-order chi connectivity index (χ0) is 14.1. The monoisotopic (exact) mass is 320 g/mol. The Bertz CT molecular complexity index is 750. The van der Waals surface area contributed by atoms with E-state index >= 15 is 0 Å². The van der Waals surface area contributed by atoms with E-state index in [2.05, 4.69) is 22.3 Å². The SMILES string of the molecule is Cc1c[nH]c2c(NSc3ccc(S)cc3)ccc(Cl)c12. The zero-order valence-electron chi connectivity index (χ0n) is 10.8. The van der Waals surface area contributed by atoms with Crippen LogP contribution in [-0.2, 0) is 0 Å². The number of anilines is 1. The molecule has 0 aliphatic rings. The minimum atomic E-state index is 0.772. The van der Waals surface area contributed by atoms with Crippen molar-refractivity contribution in [1.82, 2.24) is 4.98 Å². The van der Waals surface area contributed by atoms with E-state index < -0.39 is 0 Å². The summed E-state index contributed by atoms with van der Waals surface area (Å²) in [6.07, 6.45) is 1.97. The lowest BCUT2D eigenvalue weighted by Crippen LogP contribution is -1.88. The van der Waals surface area contributed by atoms with Crippen LogP contribution >= 0.6 is 36.2 Å². The summed E-state index contributed by atoms with van der Waals surface area (Å²) in [5, 5.41) is 1.84. The van der Waals surface area contributed by atoms with Gasteiger partial charge in [-0.05, 0) is 60.8 Å². The maximum Gasteiger partial charge on any atom is 0.0716 e. The van der Waals surface area contributed by atoms with Crippen LogP contribution in [0.4, 0.5) is 5.69 Å². The number of aryl methyl sites for hydroxylation is 1. The van der Waals surface area contributed by atoms with Crippen molar-refractivity contribution in [2.24, 2.45) is 0 Å². The Balaban J connectivity index is 1.88. The standard InChI is InChI=1S/C15H13ClN2S2/c1-9-8-17-15-13(7-6-12(16)14(9)15)18-20-11-4-2-10(19)3-5-11/h2-8,17-19H,1H3. The molecule has 0 amide bonds. The molecule has 0 atom stereocenters. The summed E-state index contributed by atoms with van der Waals surface area (Å²) < 4.78 is 3.37. The van der Waals surface area contributed by atoms with Crippen LogP contribution < -0.4 is 4.72 Å². The fraction of sp³-hybridized carbons (Fsp3) is 0.0667. The summed E-state index contributed by atoms with van der Waals surface area (Å²) in [6, 6.07) is 11.9. The lowest BCUT2D eigenvalue weighted by Gasteiger charge is -2.08. The van der Waals surface area contributed by atoms with Gasteiger partial charge in [-0.2, -0.15) is 0 Å². The fourth-order valence-corrected chi connectivity index (χ4v) is 3.20. The normalized spacial score (nSPS) is 10.9. The number of hydrogen-bond donors (Lipinski definition) is 3. The van der Waals surface area contributed by atoms with Gasteiger partial charge in [-0.15, -0.1) is 12.6 Å². The second-order valence-electron chi connectivity index (χ2n) is 4.51. The van der Waals surface area contributed by atoms with Crippen LogP contribution in [0.1, 0.15) is 5.56 Å². The molecule has 102 valence electrons. The van der Waals surface area contributed by atoms with Gasteiger partial charge >= 0.3 is 0 Å². The molecular weight excluding hydrogens is 308 g/mol. The molecule has 3 aromatic rings. The molecule has 5 heteroatoms. The maximum atomic E-state index is 6.25. The minimum Gasteiger partial charge on any atom is -0.359 e. The molecule has 0 aliphatic carbocycles. The smallest absolute Gasteiger partial charge is 0.0716 e. The first-order chi connectivity index (χ1) is 9.65. The van der Waals surface area contributed by atoms with Gasteiger partial charge in [-0.1, -0.05) is 11.6 Å². The first-order valence-corrected chi connectivity index (χ1v) is 7.77. The van der Waals surface area contributed by atoms with E-state index in [4.69, 9.17) is 11.6 Å². The average Bonchev–Trinajstić information content (AvgIpc) is 2.83. The summed E-state index contributed by atoms with van der Waals surface area (Å²) in [4.78, 5) is 5.36. The molecule has 2 N–H and O–H groups in total. The average molecular weight is 321 g/mol. The van der Waals surface area contributed by atoms with Crippen molar-refractivity contribution in [3.63, 3.8) is 0 Å². The van der Waals surface area contributed by atoms with Gasteiger partial charge in [0.25, 0.3) is 0 Å². The Labute approximate surface area is 132 Å². The minimum absolute atomic E-state index is 0.772. The molecule has 0 aliphatic heterocycles. The number of halogens is 1. The molecule has 20 heavy (non-hydrogen) atoms. The molecule has 1 heterocycles. The third-order valence-electron chi connectivity index (χ3n) is 3.10. The predicted octanol–water partition coefficient (Wildman–Crippen LogP) is 5.54. The number of H-pyrrole nitrogens is 1. The van der Waals surface area contributed by atoms with Crippen molar-refractivity contribution < 1.29 is 0 Å². The van der Waals surface area contributed by atoms with Crippen LogP contribution in [0.3, 0.4) is 0 Å². The number of aromatic nitrogens is 1. The van der Waals surface area contributed by atoms with Crippen LogP contribution in [-0.4, -0.2) is 4.98 Å². The maximum absolute atomic E-state index is 6.25. The van der Waals surface area contributed by atoms with Gasteiger partial charge in [-0.3, -0.25) is 0 Å². The summed E-state index contributed by atoms with van der Waals surface area (Å²) in [6.45, 7) is 2.05. The molecule has 0 radical (unpaired) electrons. The molecule has 3 rings (SSSR count). The third kappa shape index (κ3) is 2.64. The highest BCUT2D eigenvalue weighted by Crippen LogP contribution is 2.33. The zero-order valence-corrected chi connectivity index (χ0v) is 13.2. The van der Waals surface area contributed by atoms with Crippen LogP contribution in [0.25, 0.3) is 10.9 Å². The highest BCUT2D eigenvalue weighted by atomic mass is 35.5. The van der Waals surface area contributed by atoms with Gasteiger partial charge in [0.05, 0.1) is 16.2 Å². The van der Waals surface area contributed by atoms with Crippen molar-refractivity contribution >= 4 is 52.8 Å². The summed E-state index contributed by atoms with van der Waals surface area (Å²) in [5.74, 6) is 0. The first-order valence-electron chi connectivity index (χ1n) is 6.13. The molecule has 2 nitrogen and oxygen atoms in total. The largest absolute Gasteiger partial charge is 0.359 e. The van der Waals surface area contributed by atoms with E-state index in [1.54, 1.807) is 11.9 Å². The van der Waals surface area contributed by atoms with Gasteiger partial charge in [0, 0.05) is 21.4 Å². The number of benzene rings is 2. The van der Waals surface area contributed by atoms with Crippen molar-refractivity contribution in [3.05, 3.63) is 53.2 Å². The fourth-order valence-electron chi connectivity index (χ4n) is 2.08. The van der Waals surface area contributed by atoms with E-state index in [0.29, 0.717) is 0 Å². The molecule has 2 aromatic carbocycles. The Morgan fingerprint density at radius 1 is 1.15 bits per heavy atom. The van der Waals surface area contributed by atoms with Crippen molar-refractivity contribution in [2.75, 3.05) is 4.72 Å². The van der Waals surface area contributed by atoms with Gasteiger partial charge in [0.15, 0.2) is 0 Å². The first kappa shape index (κ1) is 13.7. The molecule has 0 spiro atoms. The van der Waals surface area contributed by atoms with Crippen molar-refractivity contribution in [3.8, 4) is 0 Å². The second kappa shape index (κ2) is 5.64. The lowest BCUT2D eigenvalue weighted by molar-refractivity contribution is 1.36. The molecule has 1 aromatic heterocycles. The van der Waals surface area contributed by atoms with Crippen LogP contribution in [0.2, 0.25) is 5.02 Å². The number of nitrogens with one attached hydrogen (secondary N) is 2. The highest BCUT2D eigenvalue weighted by Gasteiger charge is 2.09. The van der Waals surface area contributed by atoms with Crippen molar-refractivity contribution in [2.45, 2.75) is 16.7 Å². The van der Waals surface area contributed by atoms with E-state index in [-0.39, 0.29) is 0 Å². The molecule has 0 fully saturated rings.